The summed E-state index contributed by atoms with van der Waals surface area (Å²) >= 11 is 5.97. The third-order valence-corrected chi connectivity index (χ3v) is 6.29. The average Bonchev–Trinajstić information content (AvgIpc) is 2.97. The molecule has 0 saturated carbocycles. The molecule has 1 aliphatic rings. The van der Waals surface area contributed by atoms with Gasteiger partial charge in [0, 0.05) is 23.7 Å². The maximum absolute atomic E-state index is 12.9. The second-order valence-corrected chi connectivity index (χ2v) is 8.80. The van der Waals surface area contributed by atoms with Gasteiger partial charge in [0.1, 0.15) is 5.75 Å². The highest BCUT2D eigenvalue weighted by atomic mass is 35.5. The van der Waals surface area contributed by atoms with E-state index in [2.05, 4.69) is 4.72 Å². The zero-order valence-electron chi connectivity index (χ0n) is 15.7. The molecule has 0 aromatic heterocycles. The van der Waals surface area contributed by atoms with E-state index in [0.717, 1.165) is 25.7 Å². The van der Waals surface area contributed by atoms with Crippen molar-refractivity contribution in [1.82, 2.24) is 4.90 Å². The molecule has 3 rings (SSSR count). The summed E-state index contributed by atoms with van der Waals surface area (Å²) in [6.45, 7) is 1.40. The summed E-state index contributed by atoms with van der Waals surface area (Å²) in [4.78, 5) is 14.6. The first kappa shape index (κ1) is 20.5. The minimum atomic E-state index is -3.92. The topological polar surface area (TPSA) is 75.7 Å². The van der Waals surface area contributed by atoms with Crippen LogP contribution in [0.3, 0.4) is 0 Å². The fraction of sp³-hybridized carbons (Fsp3) is 0.350. The molecule has 1 saturated heterocycles. The number of halogens is 1. The third-order valence-electron chi connectivity index (χ3n) is 4.69. The molecule has 1 amide bonds. The molecule has 28 heavy (non-hydrogen) atoms. The standard InChI is InChI=1S/C20H23ClN2O4S/c1-27-19-10-9-16(21)14-18(19)22-28(25,26)17-8-6-7-15(13-17)20(24)23-11-4-2-3-5-12-23/h6-10,13-14,22H,2-5,11-12H2,1H3. The number of ether oxygens (including phenoxy) is 1. The number of carbonyl (C=O) groups is 1. The van der Waals surface area contributed by atoms with Crippen molar-refractivity contribution in [2.45, 2.75) is 30.6 Å². The van der Waals surface area contributed by atoms with Crippen molar-refractivity contribution < 1.29 is 17.9 Å². The minimum Gasteiger partial charge on any atom is -0.495 e. The molecule has 1 fully saturated rings. The largest absolute Gasteiger partial charge is 0.495 e. The predicted octanol–water partition coefficient (Wildman–Crippen LogP) is 4.17. The predicted molar refractivity (Wildman–Crippen MR) is 110 cm³/mol. The van der Waals surface area contributed by atoms with E-state index in [9.17, 15) is 13.2 Å². The van der Waals surface area contributed by atoms with E-state index in [1.807, 2.05) is 0 Å². The number of carbonyl (C=O) groups excluding carboxylic acids is 1. The van der Waals surface area contributed by atoms with E-state index in [0.29, 0.717) is 29.4 Å². The van der Waals surface area contributed by atoms with Gasteiger partial charge >= 0.3 is 0 Å². The van der Waals surface area contributed by atoms with Gasteiger partial charge in [0.05, 0.1) is 17.7 Å². The summed E-state index contributed by atoms with van der Waals surface area (Å²) in [5, 5.41) is 0.378. The van der Waals surface area contributed by atoms with E-state index in [4.69, 9.17) is 16.3 Å². The molecular formula is C20H23ClN2O4S. The van der Waals surface area contributed by atoms with E-state index in [1.54, 1.807) is 29.2 Å². The summed E-state index contributed by atoms with van der Waals surface area (Å²) in [7, 11) is -2.47. The average molecular weight is 423 g/mol. The van der Waals surface area contributed by atoms with Crippen LogP contribution in [-0.4, -0.2) is 39.4 Å². The number of rotatable bonds is 5. The molecule has 6 nitrogen and oxygen atoms in total. The zero-order valence-corrected chi connectivity index (χ0v) is 17.2. The molecule has 150 valence electrons. The Morgan fingerprint density at radius 1 is 1.07 bits per heavy atom. The highest BCUT2D eigenvalue weighted by Gasteiger charge is 2.21. The third kappa shape index (κ3) is 4.77. The van der Waals surface area contributed by atoms with Crippen LogP contribution in [0.5, 0.6) is 5.75 Å². The highest BCUT2D eigenvalue weighted by Crippen LogP contribution is 2.30. The van der Waals surface area contributed by atoms with Gasteiger partial charge in [0.2, 0.25) is 0 Å². The lowest BCUT2D eigenvalue weighted by Crippen LogP contribution is -2.32. The molecule has 0 unspecified atom stereocenters. The Balaban J connectivity index is 1.86. The lowest BCUT2D eigenvalue weighted by atomic mass is 10.2. The number of likely N-dealkylation sites (tertiary alicyclic amines) is 1. The van der Waals surface area contributed by atoms with Crippen molar-refractivity contribution in [3.8, 4) is 5.75 Å². The van der Waals surface area contributed by atoms with Crippen LogP contribution in [0.25, 0.3) is 0 Å². The molecule has 0 radical (unpaired) electrons. The number of nitrogens with zero attached hydrogens (tertiary/aromatic N) is 1. The Kier molecular flexibility index (Phi) is 6.46. The second-order valence-electron chi connectivity index (χ2n) is 6.68. The Morgan fingerprint density at radius 2 is 1.79 bits per heavy atom. The summed E-state index contributed by atoms with van der Waals surface area (Å²) in [5.74, 6) is 0.212. The fourth-order valence-corrected chi connectivity index (χ4v) is 4.50. The first-order chi connectivity index (χ1) is 13.4. The van der Waals surface area contributed by atoms with E-state index in [-0.39, 0.29) is 16.5 Å². The highest BCUT2D eigenvalue weighted by molar-refractivity contribution is 7.92. The van der Waals surface area contributed by atoms with Gasteiger partial charge in [-0.1, -0.05) is 30.5 Å². The van der Waals surface area contributed by atoms with Crippen LogP contribution in [0.2, 0.25) is 5.02 Å². The van der Waals surface area contributed by atoms with Gasteiger partial charge < -0.3 is 9.64 Å². The molecular weight excluding hydrogens is 400 g/mol. The van der Waals surface area contributed by atoms with Gasteiger partial charge in [0.15, 0.2) is 0 Å². The number of sulfonamides is 1. The Labute approximate surface area is 170 Å². The first-order valence-electron chi connectivity index (χ1n) is 9.16. The number of nitrogens with one attached hydrogen (secondary N) is 1. The molecule has 1 N–H and O–H groups in total. The van der Waals surface area contributed by atoms with E-state index >= 15 is 0 Å². The molecule has 8 heteroatoms. The van der Waals surface area contributed by atoms with Gasteiger partial charge in [-0.15, -0.1) is 0 Å². The first-order valence-corrected chi connectivity index (χ1v) is 11.0. The fourth-order valence-electron chi connectivity index (χ4n) is 3.22. The van der Waals surface area contributed by atoms with Gasteiger partial charge in [-0.3, -0.25) is 9.52 Å². The molecule has 0 atom stereocenters. The van der Waals surface area contributed by atoms with Gasteiger partial charge in [-0.05, 0) is 49.2 Å². The van der Waals surface area contributed by atoms with Crippen LogP contribution < -0.4 is 9.46 Å². The lowest BCUT2D eigenvalue weighted by Gasteiger charge is -2.20. The second kappa shape index (κ2) is 8.84. The van der Waals surface area contributed by atoms with Crippen LogP contribution >= 0.6 is 11.6 Å². The summed E-state index contributed by atoms with van der Waals surface area (Å²) in [6, 6.07) is 10.8. The van der Waals surface area contributed by atoms with Crippen molar-refractivity contribution in [2.75, 3.05) is 24.9 Å². The summed E-state index contributed by atoms with van der Waals surface area (Å²) in [6.07, 6.45) is 4.17. The van der Waals surface area contributed by atoms with Crippen molar-refractivity contribution in [1.29, 1.82) is 0 Å². The Bertz CT molecular complexity index is 954. The molecule has 0 bridgehead atoms. The monoisotopic (exact) mass is 422 g/mol. The molecule has 1 aliphatic heterocycles. The number of hydrogen-bond donors (Lipinski definition) is 1. The van der Waals surface area contributed by atoms with Crippen LogP contribution in [-0.2, 0) is 10.0 Å². The van der Waals surface area contributed by atoms with Gasteiger partial charge in [-0.2, -0.15) is 0 Å². The Hall–Kier alpha value is -2.25. The maximum atomic E-state index is 12.9. The summed E-state index contributed by atoms with van der Waals surface area (Å²) < 4.78 is 33.4. The van der Waals surface area contributed by atoms with Crippen LogP contribution in [0.15, 0.2) is 47.4 Å². The van der Waals surface area contributed by atoms with Crippen molar-refractivity contribution >= 4 is 33.2 Å². The van der Waals surface area contributed by atoms with Crippen LogP contribution in [0, 0.1) is 0 Å². The smallest absolute Gasteiger partial charge is 0.262 e. The molecule has 2 aromatic carbocycles. The van der Waals surface area contributed by atoms with Gasteiger partial charge in [0.25, 0.3) is 15.9 Å². The quantitative estimate of drug-likeness (QED) is 0.784. The minimum absolute atomic E-state index is 0.00944. The molecule has 2 aromatic rings. The Morgan fingerprint density at radius 3 is 2.46 bits per heavy atom. The molecule has 0 spiro atoms. The normalized spacial score (nSPS) is 15.0. The lowest BCUT2D eigenvalue weighted by molar-refractivity contribution is 0.0761. The zero-order chi connectivity index (χ0) is 20.1. The SMILES string of the molecule is COc1ccc(Cl)cc1NS(=O)(=O)c1cccc(C(=O)N2CCCCCC2)c1. The van der Waals surface area contributed by atoms with E-state index in [1.165, 1.54) is 25.3 Å². The van der Waals surface area contributed by atoms with Crippen LogP contribution in [0.1, 0.15) is 36.0 Å². The number of hydrogen-bond acceptors (Lipinski definition) is 4. The van der Waals surface area contributed by atoms with Crippen LogP contribution in [0.4, 0.5) is 5.69 Å². The van der Waals surface area contributed by atoms with Gasteiger partial charge in [-0.25, -0.2) is 8.42 Å². The van der Waals surface area contributed by atoms with Crippen molar-refractivity contribution in [3.63, 3.8) is 0 Å². The van der Waals surface area contributed by atoms with Crippen molar-refractivity contribution in [3.05, 3.63) is 53.1 Å². The summed E-state index contributed by atoms with van der Waals surface area (Å²) in [5.41, 5.74) is 0.599. The van der Waals surface area contributed by atoms with E-state index < -0.39 is 10.0 Å². The maximum Gasteiger partial charge on any atom is 0.262 e. The molecule has 0 aliphatic carbocycles. The number of anilines is 1. The molecule has 1 heterocycles. The number of benzene rings is 2. The number of amides is 1. The van der Waals surface area contributed by atoms with Crippen molar-refractivity contribution in [2.24, 2.45) is 0 Å². The number of methoxy groups -OCH3 is 1.